The summed E-state index contributed by atoms with van der Waals surface area (Å²) in [5, 5.41) is 12.5. The molecule has 1 aromatic heterocycles. The average molecular weight is 430 g/mol. The maximum Gasteiger partial charge on any atom is 0.264 e. The van der Waals surface area contributed by atoms with Crippen molar-refractivity contribution in [3.05, 3.63) is 28.6 Å². The van der Waals surface area contributed by atoms with Crippen LogP contribution in [0, 0.1) is 25.2 Å². The Morgan fingerprint density at radius 3 is 2.42 bits per heavy atom. The number of nitrogens with one attached hydrogen (secondary N) is 1. The lowest BCUT2D eigenvalue weighted by Gasteiger charge is -2.34. The second-order valence-electron chi connectivity index (χ2n) is 8.46. The van der Waals surface area contributed by atoms with Gasteiger partial charge in [0, 0.05) is 50.7 Å². The highest BCUT2D eigenvalue weighted by atomic mass is 16.5. The van der Waals surface area contributed by atoms with Gasteiger partial charge in [0.25, 0.3) is 5.91 Å². The van der Waals surface area contributed by atoms with E-state index in [1.165, 1.54) is 0 Å². The van der Waals surface area contributed by atoms with Gasteiger partial charge in [-0.25, -0.2) is 0 Å². The van der Waals surface area contributed by atoms with Gasteiger partial charge >= 0.3 is 0 Å². The summed E-state index contributed by atoms with van der Waals surface area (Å²) in [4.78, 5) is 28.6. The summed E-state index contributed by atoms with van der Waals surface area (Å²) in [5.74, 6) is -0.269. The molecular weight excluding hydrogens is 394 g/mol. The third kappa shape index (κ3) is 6.42. The maximum atomic E-state index is 13.0. The van der Waals surface area contributed by atoms with Crippen molar-refractivity contribution in [2.45, 2.75) is 46.7 Å². The molecule has 2 heterocycles. The average Bonchev–Trinajstić information content (AvgIpc) is 2.98. The lowest BCUT2D eigenvalue weighted by Crippen LogP contribution is -2.51. The Kier molecular flexibility index (Phi) is 8.84. The van der Waals surface area contributed by atoms with E-state index in [4.69, 9.17) is 4.74 Å². The van der Waals surface area contributed by atoms with E-state index >= 15 is 0 Å². The molecule has 31 heavy (non-hydrogen) atoms. The quantitative estimate of drug-likeness (QED) is 0.503. The molecule has 1 fully saturated rings. The van der Waals surface area contributed by atoms with E-state index < -0.39 is 0 Å². The number of carbonyl (C=O) groups excluding carboxylic acids is 2. The van der Waals surface area contributed by atoms with E-state index in [9.17, 15) is 14.9 Å². The SMILES string of the molecule is COCC(C)n1c(C)cc(/C=C(\C#N)C(=O)N2CCN(CC(=O)NC(C)C)CC2)c1C. The second-order valence-corrected chi connectivity index (χ2v) is 8.46. The van der Waals surface area contributed by atoms with Crippen molar-refractivity contribution in [1.29, 1.82) is 5.26 Å². The summed E-state index contributed by atoms with van der Waals surface area (Å²) in [6.45, 7) is 13.1. The number of nitrogens with zero attached hydrogens (tertiary/aromatic N) is 4. The van der Waals surface area contributed by atoms with Gasteiger partial charge in [-0.05, 0) is 52.3 Å². The number of methoxy groups -OCH3 is 1. The molecule has 1 saturated heterocycles. The van der Waals surface area contributed by atoms with Gasteiger partial charge in [-0.15, -0.1) is 0 Å². The maximum absolute atomic E-state index is 13.0. The molecule has 170 valence electrons. The number of aromatic nitrogens is 1. The van der Waals surface area contributed by atoms with Crippen LogP contribution >= 0.6 is 0 Å². The van der Waals surface area contributed by atoms with Gasteiger partial charge in [0.05, 0.1) is 19.2 Å². The van der Waals surface area contributed by atoms with Gasteiger partial charge in [-0.3, -0.25) is 14.5 Å². The number of hydrogen-bond acceptors (Lipinski definition) is 5. The molecule has 1 aliphatic rings. The lowest BCUT2D eigenvalue weighted by atomic mass is 10.1. The van der Waals surface area contributed by atoms with Crippen LogP contribution in [0.4, 0.5) is 0 Å². The first-order valence-electron chi connectivity index (χ1n) is 10.8. The first-order chi connectivity index (χ1) is 14.7. The summed E-state index contributed by atoms with van der Waals surface area (Å²) < 4.78 is 7.43. The predicted octanol–water partition coefficient (Wildman–Crippen LogP) is 1.89. The third-order valence-corrected chi connectivity index (χ3v) is 5.50. The van der Waals surface area contributed by atoms with E-state index in [0.717, 1.165) is 17.0 Å². The Hall–Kier alpha value is -2.63. The van der Waals surface area contributed by atoms with Crippen LogP contribution in [0.1, 0.15) is 43.8 Å². The fourth-order valence-electron chi connectivity index (χ4n) is 4.09. The molecule has 0 saturated carbocycles. The largest absolute Gasteiger partial charge is 0.383 e. The summed E-state index contributed by atoms with van der Waals surface area (Å²) >= 11 is 0. The number of nitriles is 1. The van der Waals surface area contributed by atoms with Crippen LogP contribution in [0.15, 0.2) is 11.6 Å². The molecular formula is C23H35N5O3. The molecule has 1 unspecified atom stereocenters. The van der Waals surface area contributed by atoms with Crippen LogP contribution in [-0.2, 0) is 14.3 Å². The molecule has 8 nitrogen and oxygen atoms in total. The zero-order valence-electron chi connectivity index (χ0n) is 19.6. The van der Waals surface area contributed by atoms with Crippen molar-refractivity contribution in [2.75, 3.05) is 46.4 Å². The highest BCUT2D eigenvalue weighted by Gasteiger charge is 2.25. The molecule has 0 bridgehead atoms. The molecule has 0 aromatic carbocycles. The van der Waals surface area contributed by atoms with Crippen LogP contribution in [0.5, 0.6) is 0 Å². The van der Waals surface area contributed by atoms with Crippen LogP contribution in [-0.4, -0.2) is 78.7 Å². The number of rotatable bonds is 8. The first kappa shape index (κ1) is 24.6. The topological polar surface area (TPSA) is 90.6 Å². The third-order valence-electron chi connectivity index (χ3n) is 5.50. The molecule has 1 N–H and O–H groups in total. The number of carbonyl (C=O) groups is 2. The van der Waals surface area contributed by atoms with Crippen LogP contribution < -0.4 is 5.32 Å². The Morgan fingerprint density at radius 2 is 1.87 bits per heavy atom. The van der Waals surface area contributed by atoms with E-state index in [2.05, 4.69) is 22.9 Å². The highest BCUT2D eigenvalue weighted by Crippen LogP contribution is 2.23. The van der Waals surface area contributed by atoms with Gasteiger partial charge < -0.3 is 19.5 Å². The standard InChI is InChI=1S/C23H35N5O3/c1-16(2)25-22(29)14-26-7-9-27(10-8-26)23(30)21(13-24)12-20-11-17(3)28(19(20)5)18(4)15-31-6/h11-12,16,18H,7-10,14-15H2,1-6H3,(H,25,29)/b21-12+. The van der Waals surface area contributed by atoms with Gasteiger partial charge in [0.2, 0.25) is 5.91 Å². The number of piperazine rings is 1. The van der Waals surface area contributed by atoms with Crippen molar-refractivity contribution < 1.29 is 14.3 Å². The van der Waals surface area contributed by atoms with Crippen LogP contribution in [0.25, 0.3) is 6.08 Å². The van der Waals surface area contributed by atoms with Crippen molar-refractivity contribution in [2.24, 2.45) is 0 Å². The van der Waals surface area contributed by atoms with Crippen molar-refractivity contribution in [3.8, 4) is 6.07 Å². The predicted molar refractivity (Wildman–Crippen MR) is 120 cm³/mol. The minimum Gasteiger partial charge on any atom is -0.383 e. The van der Waals surface area contributed by atoms with Crippen molar-refractivity contribution in [1.82, 2.24) is 19.7 Å². The van der Waals surface area contributed by atoms with E-state index in [-0.39, 0.29) is 29.5 Å². The lowest BCUT2D eigenvalue weighted by molar-refractivity contribution is -0.129. The zero-order valence-corrected chi connectivity index (χ0v) is 19.6. The summed E-state index contributed by atoms with van der Waals surface area (Å²) in [5.41, 5.74) is 3.06. The minimum absolute atomic E-state index is 0.00885. The molecule has 8 heteroatoms. The smallest absolute Gasteiger partial charge is 0.264 e. The Balaban J connectivity index is 2.07. The van der Waals surface area contributed by atoms with Gasteiger partial charge in [-0.1, -0.05) is 0 Å². The molecule has 0 aliphatic carbocycles. The van der Waals surface area contributed by atoms with Crippen molar-refractivity contribution in [3.63, 3.8) is 0 Å². The zero-order chi connectivity index (χ0) is 23.1. The monoisotopic (exact) mass is 429 g/mol. The summed E-state index contributed by atoms with van der Waals surface area (Å²) in [7, 11) is 1.68. The fourth-order valence-corrected chi connectivity index (χ4v) is 4.09. The van der Waals surface area contributed by atoms with Crippen LogP contribution in [0.2, 0.25) is 0 Å². The number of aryl methyl sites for hydroxylation is 1. The minimum atomic E-state index is -0.261. The molecule has 0 spiro atoms. The molecule has 1 aliphatic heterocycles. The Labute approximate surface area is 185 Å². The number of amides is 2. The summed E-state index contributed by atoms with van der Waals surface area (Å²) in [6.07, 6.45) is 1.68. The Bertz CT molecular complexity index is 857. The second kappa shape index (κ2) is 11.1. The normalized spacial score (nSPS) is 16.3. The number of hydrogen-bond donors (Lipinski definition) is 1. The Morgan fingerprint density at radius 1 is 1.23 bits per heavy atom. The number of ether oxygens (including phenoxy) is 1. The first-order valence-corrected chi connectivity index (χ1v) is 10.8. The van der Waals surface area contributed by atoms with Gasteiger partial charge in [0.1, 0.15) is 11.6 Å². The van der Waals surface area contributed by atoms with Gasteiger partial charge in [-0.2, -0.15) is 5.26 Å². The molecule has 2 rings (SSSR count). The van der Waals surface area contributed by atoms with E-state index in [1.54, 1.807) is 18.1 Å². The van der Waals surface area contributed by atoms with E-state index in [0.29, 0.717) is 39.3 Å². The molecule has 0 radical (unpaired) electrons. The fraction of sp³-hybridized carbons (Fsp3) is 0.609. The molecule has 1 atom stereocenters. The van der Waals surface area contributed by atoms with Gasteiger partial charge in [0.15, 0.2) is 0 Å². The highest BCUT2D eigenvalue weighted by molar-refractivity contribution is 6.01. The van der Waals surface area contributed by atoms with Crippen molar-refractivity contribution >= 4 is 17.9 Å². The van der Waals surface area contributed by atoms with Crippen LogP contribution in [0.3, 0.4) is 0 Å². The van der Waals surface area contributed by atoms with E-state index in [1.807, 2.05) is 38.7 Å². The summed E-state index contributed by atoms with van der Waals surface area (Å²) in [6, 6.07) is 4.35. The molecule has 2 amide bonds. The molecule has 1 aromatic rings.